The predicted molar refractivity (Wildman–Crippen MR) is 97.0 cm³/mol. The lowest BCUT2D eigenvalue weighted by Gasteiger charge is -2.23. The minimum absolute atomic E-state index is 0.0370. The molecule has 2 aromatic rings. The molecule has 6 heteroatoms. The summed E-state index contributed by atoms with van der Waals surface area (Å²) in [6, 6.07) is 15.2. The molecule has 3 rings (SSSR count). The normalized spacial score (nSPS) is 15.9. The number of carbonyl (C=O) groups excluding carboxylic acids is 2. The molecule has 0 saturated carbocycles. The van der Waals surface area contributed by atoms with Crippen LogP contribution in [-0.2, 0) is 14.3 Å². The first-order valence-corrected chi connectivity index (χ1v) is 8.91. The third kappa shape index (κ3) is 4.76. The molecule has 1 atom stereocenters. The van der Waals surface area contributed by atoms with Gasteiger partial charge >= 0.3 is 5.97 Å². The molecule has 0 aliphatic carbocycles. The van der Waals surface area contributed by atoms with Crippen molar-refractivity contribution in [1.82, 2.24) is 0 Å². The molecule has 130 valence electrons. The number of hydrogen-bond acceptors (Lipinski definition) is 5. The molecule has 0 saturated heterocycles. The molecule has 1 aliphatic heterocycles. The Morgan fingerprint density at radius 2 is 2.00 bits per heavy atom. The standard InChI is InChI=1S/C19H19NO4S/c1-13-5-4-6-14(11-13)23-9-10-24-18(21)12-17-19(22)20-15-7-2-3-8-16(15)25-17/h2-8,11,17H,9-10,12H2,1H3,(H,20,22)/t17-/m1/s1. The molecule has 5 nitrogen and oxygen atoms in total. The lowest BCUT2D eigenvalue weighted by atomic mass is 10.2. The van der Waals surface area contributed by atoms with Crippen LogP contribution in [0.15, 0.2) is 53.4 Å². The highest BCUT2D eigenvalue weighted by atomic mass is 32.2. The molecule has 0 fully saturated rings. The molecule has 0 spiro atoms. The Kier molecular flexibility index (Phi) is 5.60. The largest absolute Gasteiger partial charge is 0.490 e. The average molecular weight is 357 g/mol. The van der Waals surface area contributed by atoms with Gasteiger partial charge in [-0.15, -0.1) is 11.8 Å². The molecule has 1 N–H and O–H groups in total. The van der Waals surface area contributed by atoms with Gasteiger partial charge in [0.2, 0.25) is 5.91 Å². The van der Waals surface area contributed by atoms with Crippen LogP contribution in [0.1, 0.15) is 12.0 Å². The van der Waals surface area contributed by atoms with E-state index in [9.17, 15) is 9.59 Å². The molecule has 0 unspecified atom stereocenters. The van der Waals surface area contributed by atoms with Gasteiger partial charge in [-0.25, -0.2) is 0 Å². The van der Waals surface area contributed by atoms with Crippen molar-refractivity contribution in [3.8, 4) is 5.75 Å². The number of fused-ring (bicyclic) bond motifs is 1. The summed E-state index contributed by atoms with van der Waals surface area (Å²) >= 11 is 1.39. The van der Waals surface area contributed by atoms with E-state index in [2.05, 4.69) is 5.32 Å². The highest BCUT2D eigenvalue weighted by molar-refractivity contribution is 8.01. The molecular formula is C19H19NO4S. The first-order chi connectivity index (χ1) is 12.1. The molecule has 1 amide bonds. The number of aryl methyl sites for hydroxylation is 1. The van der Waals surface area contributed by atoms with Crippen molar-refractivity contribution < 1.29 is 19.1 Å². The molecule has 0 aromatic heterocycles. The summed E-state index contributed by atoms with van der Waals surface area (Å²) in [6.45, 7) is 2.42. The second kappa shape index (κ2) is 8.07. The van der Waals surface area contributed by atoms with Crippen LogP contribution in [-0.4, -0.2) is 30.3 Å². The maximum absolute atomic E-state index is 12.1. The Balaban J connectivity index is 1.43. The van der Waals surface area contributed by atoms with E-state index in [0.29, 0.717) is 0 Å². The molecular weight excluding hydrogens is 338 g/mol. The van der Waals surface area contributed by atoms with Gasteiger partial charge in [0.05, 0.1) is 17.4 Å². The van der Waals surface area contributed by atoms with Crippen molar-refractivity contribution in [2.24, 2.45) is 0 Å². The number of hydrogen-bond donors (Lipinski definition) is 1. The highest BCUT2D eigenvalue weighted by Crippen LogP contribution is 2.36. The van der Waals surface area contributed by atoms with Gasteiger partial charge in [-0.05, 0) is 36.8 Å². The van der Waals surface area contributed by atoms with E-state index in [4.69, 9.17) is 9.47 Å². The Labute approximate surface area is 150 Å². The van der Waals surface area contributed by atoms with Crippen LogP contribution in [0.2, 0.25) is 0 Å². The molecule has 1 aliphatic rings. The van der Waals surface area contributed by atoms with Crippen LogP contribution >= 0.6 is 11.8 Å². The summed E-state index contributed by atoms with van der Waals surface area (Å²) in [5.74, 6) is 0.173. The van der Waals surface area contributed by atoms with Crippen LogP contribution in [0.3, 0.4) is 0 Å². The van der Waals surface area contributed by atoms with Crippen molar-refractivity contribution in [3.63, 3.8) is 0 Å². The third-order valence-electron chi connectivity index (χ3n) is 3.66. The maximum atomic E-state index is 12.1. The summed E-state index contributed by atoms with van der Waals surface area (Å²) in [5, 5.41) is 2.34. The van der Waals surface area contributed by atoms with E-state index >= 15 is 0 Å². The minimum atomic E-state index is -0.472. The highest BCUT2D eigenvalue weighted by Gasteiger charge is 2.29. The smallest absolute Gasteiger partial charge is 0.307 e. The summed E-state index contributed by atoms with van der Waals surface area (Å²) < 4.78 is 10.7. The second-order valence-electron chi connectivity index (χ2n) is 5.68. The van der Waals surface area contributed by atoms with Crippen LogP contribution in [0.5, 0.6) is 5.75 Å². The summed E-state index contributed by atoms with van der Waals surface area (Å²) in [4.78, 5) is 25.0. The Morgan fingerprint density at radius 3 is 2.84 bits per heavy atom. The predicted octanol–water partition coefficient (Wildman–Crippen LogP) is 3.42. The zero-order chi connectivity index (χ0) is 17.6. The average Bonchev–Trinajstić information content (AvgIpc) is 2.59. The van der Waals surface area contributed by atoms with Crippen LogP contribution < -0.4 is 10.1 Å². The molecule has 0 radical (unpaired) electrons. The number of esters is 1. The van der Waals surface area contributed by atoms with Gasteiger partial charge in [-0.1, -0.05) is 24.3 Å². The zero-order valence-corrected chi connectivity index (χ0v) is 14.7. The van der Waals surface area contributed by atoms with Crippen LogP contribution in [0.4, 0.5) is 5.69 Å². The third-order valence-corrected chi connectivity index (χ3v) is 4.94. The van der Waals surface area contributed by atoms with Crippen LogP contribution in [0, 0.1) is 6.92 Å². The van der Waals surface area contributed by atoms with Gasteiger partial charge in [-0.2, -0.15) is 0 Å². The number of amides is 1. The quantitative estimate of drug-likeness (QED) is 0.634. The minimum Gasteiger partial charge on any atom is -0.490 e. The molecule has 0 bridgehead atoms. The topological polar surface area (TPSA) is 64.6 Å². The Bertz CT molecular complexity index is 778. The van der Waals surface area contributed by atoms with Gasteiger partial charge in [-0.3, -0.25) is 9.59 Å². The molecule has 1 heterocycles. The van der Waals surface area contributed by atoms with Crippen molar-refractivity contribution in [2.75, 3.05) is 18.5 Å². The number of para-hydroxylation sites is 1. The fraction of sp³-hybridized carbons (Fsp3) is 0.263. The zero-order valence-electron chi connectivity index (χ0n) is 13.9. The van der Waals surface area contributed by atoms with Crippen molar-refractivity contribution >= 4 is 29.3 Å². The molecule has 2 aromatic carbocycles. The van der Waals surface area contributed by atoms with E-state index < -0.39 is 11.2 Å². The van der Waals surface area contributed by atoms with Gasteiger partial charge < -0.3 is 14.8 Å². The number of anilines is 1. The van der Waals surface area contributed by atoms with Crippen LogP contribution in [0.25, 0.3) is 0 Å². The van der Waals surface area contributed by atoms with Crippen molar-refractivity contribution in [2.45, 2.75) is 23.5 Å². The summed E-state index contributed by atoms with van der Waals surface area (Å²) in [5.41, 5.74) is 1.89. The second-order valence-corrected chi connectivity index (χ2v) is 6.93. The lowest BCUT2D eigenvalue weighted by molar-refractivity contribution is -0.145. The van der Waals surface area contributed by atoms with Gasteiger partial charge in [0, 0.05) is 4.90 Å². The monoisotopic (exact) mass is 357 g/mol. The summed E-state index contributed by atoms with van der Waals surface area (Å²) in [7, 11) is 0. The lowest BCUT2D eigenvalue weighted by Crippen LogP contribution is -2.31. The van der Waals surface area contributed by atoms with E-state index in [-0.39, 0.29) is 25.5 Å². The number of benzene rings is 2. The maximum Gasteiger partial charge on any atom is 0.307 e. The number of ether oxygens (including phenoxy) is 2. The fourth-order valence-electron chi connectivity index (χ4n) is 2.46. The van der Waals surface area contributed by atoms with E-state index in [1.165, 1.54) is 11.8 Å². The van der Waals surface area contributed by atoms with E-state index in [0.717, 1.165) is 21.9 Å². The molecule has 25 heavy (non-hydrogen) atoms. The first kappa shape index (κ1) is 17.4. The van der Waals surface area contributed by atoms with Crippen molar-refractivity contribution in [3.05, 3.63) is 54.1 Å². The SMILES string of the molecule is Cc1cccc(OCCOC(=O)C[C@H]2Sc3ccccc3NC2=O)c1. The van der Waals surface area contributed by atoms with Gasteiger partial charge in [0.15, 0.2) is 0 Å². The number of nitrogens with one attached hydrogen (secondary N) is 1. The number of thioether (sulfide) groups is 1. The van der Waals surface area contributed by atoms with Crippen molar-refractivity contribution in [1.29, 1.82) is 0 Å². The fourth-order valence-corrected chi connectivity index (χ4v) is 3.55. The Hall–Kier alpha value is -2.47. The summed E-state index contributed by atoms with van der Waals surface area (Å²) in [6.07, 6.45) is 0.0370. The first-order valence-electron chi connectivity index (χ1n) is 8.03. The number of carbonyl (C=O) groups is 2. The van der Waals surface area contributed by atoms with Gasteiger partial charge in [0.25, 0.3) is 0 Å². The van der Waals surface area contributed by atoms with Gasteiger partial charge in [0.1, 0.15) is 19.0 Å². The number of rotatable bonds is 6. The van der Waals surface area contributed by atoms with E-state index in [1.807, 2.05) is 55.5 Å². The van der Waals surface area contributed by atoms with E-state index in [1.54, 1.807) is 0 Å². The Morgan fingerprint density at radius 1 is 1.16 bits per heavy atom.